The minimum Gasteiger partial charge on any atom is -0.340 e. The number of rotatable bonds is 6. The van der Waals surface area contributed by atoms with Gasteiger partial charge in [-0.3, -0.25) is 9.69 Å². The van der Waals surface area contributed by atoms with Crippen LogP contribution in [0.15, 0.2) is 22.0 Å². The third kappa shape index (κ3) is 3.93. The molecule has 2 aliphatic rings. The van der Waals surface area contributed by atoms with Gasteiger partial charge < -0.3 is 9.42 Å². The van der Waals surface area contributed by atoms with Crippen molar-refractivity contribution in [1.82, 2.24) is 19.9 Å². The lowest BCUT2D eigenvalue weighted by Gasteiger charge is -2.38. The number of hydrogen-bond donors (Lipinski definition) is 0. The number of piperazine rings is 1. The molecule has 1 aliphatic heterocycles. The maximum absolute atomic E-state index is 12.3. The summed E-state index contributed by atoms with van der Waals surface area (Å²) in [6.07, 6.45) is 5.22. The lowest BCUT2D eigenvalue weighted by molar-refractivity contribution is -0.139. The van der Waals surface area contributed by atoms with E-state index in [1.807, 2.05) is 17.5 Å². The van der Waals surface area contributed by atoms with E-state index in [1.54, 1.807) is 11.3 Å². The summed E-state index contributed by atoms with van der Waals surface area (Å²) in [4.78, 5) is 22.3. The first-order chi connectivity index (χ1) is 12.3. The molecule has 0 N–H and O–H groups in total. The molecule has 7 heteroatoms. The zero-order chi connectivity index (χ0) is 17.1. The van der Waals surface area contributed by atoms with Gasteiger partial charge in [-0.15, -0.1) is 11.3 Å². The number of aromatic nitrogens is 2. The van der Waals surface area contributed by atoms with Gasteiger partial charge >= 0.3 is 0 Å². The molecule has 0 bridgehead atoms. The molecule has 1 saturated carbocycles. The van der Waals surface area contributed by atoms with Crippen molar-refractivity contribution in [3.05, 3.63) is 23.4 Å². The zero-order valence-corrected chi connectivity index (χ0v) is 15.2. The number of nitrogens with zero attached hydrogens (tertiary/aromatic N) is 4. The lowest BCUT2D eigenvalue weighted by Crippen LogP contribution is -2.51. The molecule has 0 atom stereocenters. The summed E-state index contributed by atoms with van der Waals surface area (Å²) in [5.41, 5.74) is 0. The monoisotopic (exact) mass is 360 g/mol. The van der Waals surface area contributed by atoms with Crippen molar-refractivity contribution in [2.24, 2.45) is 5.92 Å². The molecule has 0 aromatic carbocycles. The van der Waals surface area contributed by atoms with E-state index in [9.17, 15) is 4.79 Å². The molecule has 0 radical (unpaired) electrons. The van der Waals surface area contributed by atoms with Crippen LogP contribution in [-0.2, 0) is 11.2 Å². The Kier molecular flexibility index (Phi) is 5.12. The van der Waals surface area contributed by atoms with E-state index < -0.39 is 0 Å². The Labute approximate surface area is 151 Å². The quantitative estimate of drug-likeness (QED) is 0.792. The zero-order valence-electron chi connectivity index (χ0n) is 14.4. The van der Waals surface area contributed by atoms with Crippen molar-refractivity contribution in [1.29, 1.82) is 0 Å². The average Bonchev–Trinajstić information content (AvgIpc) is 3.25. The first-order valence-corrected chi connectivity index (χ1v) is 10.0. The van der Waals surface area contributed by atoms with Crippen LogP contribution < -0.4 is 0 Å². The van der Waals surface area contributed by atoms with Gasteiger partial charge in [0, 0.05) is 38.5 Å². The molecule has 134 valence electrons. The van der Waals surface area contributed by atoms with Gasteiger partial charge in [0.15, 0.2) is 0 Å². The Morgan fingerprint density at radius 1 is 1.28 bits per heavy atom. The second-order valence-corrected chi connectivity index (χ2v) is 7.84. The minimum absolute atomic E-state index is 0.321. The Hall–Kier alpha value is -1.73. The number of aryl methyl sites for hydroxylation is 1. The molecule has 1 amide bonds. The molecule has 4 rings (SSSR count). The molecule has 1 aliphatic carbocycles. The third-order valence-electron chi connectivity index (χ3n) is 5.21. The summed E-state index contributed by atoms with van der Waals surface area (Å²) >= 11 is 1.62. The smallest absolute Gasteiger partial charge is 0.227 e. The second-order valence-electron chi connectivity index (χ2n) is 6.89. The normalized spacial score (nSPS) is 19.1. The predicted molar refractivity (Wildman–Crippen MR) is 96.3 cm³/mol. The van der Waals surface area contributed by atoms with E-state index in [0.717, 1.165) is 63.3 Å². The standard InChI is InChI=1S/C18H24N4O2S/c23-18(14-4-1-5-14)22-11-9-21(10-12-22)8-2-7-16-19-17(20-24-16)15-6-3-13-25-15/h3,6,13-14H,1-2,4-5,7-12H2. The number of amides is 1. The van der Waals surface area contributed by atoms with E-state index >= 15 is 0 Å². The molecule has 25 heavy (non-hydrogen) atoms. The van der Waals surface area contributed by atoms with Crippen molar-refractivity contribution in [3.63, 3.8) is 0 Å². The van der Waals surface area contributed by atoms with Crippen LogP contribution in [-0.4, -0.2) is 58.6 Å². The van der Waals surface area contributed by atoms with Crippen molar-refractivity contribution >= 4 is 17.2 Å². The van der Waals surface area contributed by atoms with E-state index in [1.165, 1.54) is 6.42 Å². The van der Waals surface area contributed by atoms with Gasteiger partial charge in [0.25, 0.3) is 0 Å². The van der Waals surface area contributed by atoms with Gasteiger partial charge in [0.05, 0.1) is 4.88 Å². The highest BCUT2D eigenvalue weighted by Crippen LogP contribution is 2.28. The molecule has 2 aromatic rings. The second kappa shape index (κ2) is 7.66. The Morgan fingerprint density at radius 3 is 2.80 bits per heavy atom. The van der Waals surface area contributed by atoms with Crippen LogP contribution in [0.1, 0.15) is 31.6 Å². The molecular formula is C18H24N4O2S. The minimum atomic E-state index is 0.321. The van der Waals surface area contributed by atoms with Crippen molar-refractivity contribution in [2.45, 2.75) is 32.1 Å². The van der Waals surface area contributed by atoms with Gasteiger partial charge in [0.1, 0.15) is 0 Å². The third-order valence-corrected chi connectivity index (χ3v) is 6.08. The van der Waals surface area contributed by atoms with Crippen LogP contribution in [0.4, 0.5) is 0 Å². The highest BCUT2D eigenvalue weighted by Gasteiger charge is 2.31. The summed E-state index contributed by atoms with van der Waals surface area (Å²) in [5, 5.41) is 6.06. The van der Waals surface area contributed by atoms with E-state index in [0.29, 0.717) is 23.5 Å². The van der Waals surface area contributed by atoms with Crippen LogP contribution >= 0.6 is 11.3 Å². The molecular weight excluding hydrogens is 336 g/mol. The maximum Gasteiger partial charge on any atom is 0.227 e. The lowest BCUT2D eigenvalue weighted by atomic mass is 9.84. The summed E-state index contributed by atoms with van der Waals surface area (Å²) in [6, 6.07) is 4.00. The summed E-state index contributed by atoms with van der Waals surface area (Å²) in [5.74, 6) is 2.11. The van der Waals surface area contributed by atoms with Crippen molar-refractivity contribution in [3.8, 4) is 10.7 Å². The SMILES string of the molecule is O=C(C1CCC1)N1CCN(CCCc2nc(-c3cccs3)no2)CC1. The molecule has 0 unspecified atom stereocenters. The number of carbonyl (C=O) groups excluding carboxylic acids is 1. The molecule has 2 aromatic heterocycles. The molecule has 3 heterocycles. The first kappa shape index (κ1) is 16.7. The van der Waals surface area contributed by atoms with Crippen LogP contribution in [0.5, 0.6) is 0 Å². The van der Waals surface area contributed by atoms with Gasteiger partial charge in [-0.1, -0.05) is 17.6 Å². The summed E-state index contributed by atoms with van der Waals surface area (Å²) in [7, 11) is 0. The van der Waals surface area contributed by atoms with Gasteiger partial charge in [-0.2, -0.15) is 4.98 Å². The van der Waals surface area contributed by atoms with Crippen LogP contribution in [0, 0.1) is 5.92 Å². The topological polar surface area (TPSA) is 62.5 Å². The fourth-order valence-corrected chi connectivity index (χ4v) is 4.07. The highest BCUT2D eigenvalue weighted by atomic mass is 32.1. The van der Waals surface area contributed by atoms with Crippen molar-refractivity contribution in [2.75, 3.05) is 32.7 Å². The van der Waals surface area contributed by atoms with Crippen LogP contribution in [0.3, 0.4) is 0 Å². The fraction of sp³-hybridized carbons (Fsp3) is 0.611. The number of hydrogen-bond acceptors (Lipinski definition) is 6. The largest absolute Gasteiger partial charge is 0.340 e. The molecule has 0 spiro atoms. The molecule has 2 fully saturated rings. The summed E-state index contributed by atoms with van der Waals surface area (Å²) < 4.78 is 5.35. The fourth-order valence-electron chi connectivity index (χ4n) is 3.42. The maximum atomic E-state index is 12.3. The van der Waals surface area contributed by atoms with E-state index in [2.05, 4.69) is 19.9 Å². The number of carbonyl (C=O) groups is 1. The number of thiophene rings is 1. The van der Waals surface area contributed by atoms with Gasteiger partial charge in [0.2, 0.25) is 17.6 Å². The van der Waals surface area contributed by atoms with E-state index in [-0.39, 0.29) is 0 Å². The van der Waals surface area contributed by atoms with Gasteiger partial charge in [-0.05, 0) is 37.3 Å². The average molecular weight is 360 g/mol. The first-order valence-electron chi connectivity index (χ1n) is 9.17. The highest BCUT2D eigenvalue weighted by molar-refractivity contribution is 7.13. The van der Waals surface area contributed by atoms with Crippen LogP contribution in [0.2, 0.25) is 0 Å². The Balaban J connectivity index is 1.18. The van der Waals surface area contributed by atoms with Crippen molar-refractivity contribution < 1.29 is 9.32 Å². The molecule has 6 nitrogen and oxygen atoms in total. The Bertz CT molecular complexity index is 688. The van der Waals surface area contributed by atoms with Gasteiger partial charge in [-0.25, -0.2) is 0 Å². The molecule has 1 saturated heterocycles. The summed E-state index contributed by atoms with van der Waals surface area (Å²) in [6.45, 7) is 4.71. The predicted octanol–water partition coefficient (Wildman–Crippen LogP) is 2.68. The van der Waals surface area contributed by atoms with Crippen LogP contribution in [0.25, 0.3) is 10.7 Å². The Morgan fingerprint density at radius 2 is 2.12 bits per heavy atom. The van der Waals surface area contributed by atoms with E-state index in [4.69, 9.17) is 4.52 Å².